The third-order valence-electron chi connectivity index (χ3n) is 6.35. The van der Waals surface area contributed by atoms with Crippen molar-refractivity contribution in [2.24, 2.45) is 0 Å². The van der Waals surface area contributed by atoms with Gasteiger partial charge in [0.05, 0.1) is 23.7 Å². The number of carbonyl (C=O) groups is 2. The Kier molecular flexibility index (Phi) is 7.68. The predicted octanol–water partition coefficient (Wildman–Crippen LogP) is 3.55. The van der Waals surface area contributed by atoms with Crippen LogP contribution in [0.1, 0.15) is 21.7 Å². The average molecular weight is 541 g/mol. The Morgan fingerprint density at radius 2 is 1.65 bits per heavy atom. The van der Waals surface area contributed by atoms with Gasteiger partial charge in [0.25, 0.3) is 11.5 Å². The third-order valence-corrected chi connectivity index (χ3v) is 6.35. The van der Waals surface area contributed by atoms with Gasteiger partial charge in [-0.15, -0.1) is 0 Å². The Hall–Kier alpha value is -5.25. The number of nitrogens with one attached hydrogen (secondary N) is 2. The average Bonchev–Trinajstić information content (AvgIpc) is 3.48. The summed E-state index contributed by atoms with van der Waals surface area (Å²) in [6.07, 6.45) is 2.06. The molecule has 9 nitrogen and oxygen atoms in total. The van der Waals surface area contributed by atoms with Crippen LogP contribution in [0.15, 0.2) is 105 Å². The zero-order valence-corrected chi connectivity index (χ0v) is 21.3. The first-order chi connectivity index (χ1) is 19.4. The van der Waals surface area contributed by atoms with Gasteiger partial charge >= 0.3 is 5.69 Å². The van der Waals surface area contributed by atoms with E-state index in [-0.39, 0.29) is 28.9 Å². The number of fused-ring (bicyclic) bond motifs is 1. The van der Waals surface area contributed by atoms with Gasteiger partial charge in [-0.05, 0) is 66.6 Å². The molecule has 0 atom stereocenters. The van der Waals surface area contributed by atoms with E-state index in [4.69, 9.17) is 4.42 Å². The molecule has 5 rings (SSSR count). The summed E-state index contributed by atoms with van der Waals surface area (Å²) in [5, 5.41) is 5.62. The fourth-order valence-electron chi connectivity index (χ4n) is 4.35. The van der Waals surface area contributed by atoms with Crippen molar-refractivity contribution in [2.75, 3.05) is 11.9 Å². The van der Waals surface area contributed by atoms with Gasteiger partial charge in [0.15, 0.2) is 0 Å². The highest BCUT2D eigenvalue weighted by Gasteiger charge is 2.18. The van der Waals surface area contributed by atoms with Gasteiger partial charge in [0.1, 0.15) is 18.1 Å². The highest BCUT2D eigenvalue weighted by Crippen LogP contribution is 2.14. The minimum absolute atomic E-state index is 0.135. The number of hydrogen-bond donors (Lipinski definition) is 2. The number of rotatable bonds is 9. The molecular weight excluding hydrogens is 515 g/mol. The van der Waals surface area contributed by atoms with E-state index < -0.39 is 29.5 Å². The summed E-state index contributed by atoms with van der Waals surface area (Å²) in [4.78, 5) is 52.7. The summed E-state index contributed by atoms with van der Waals surface area (Å²) < 4.78 is 20.7. The molecule has 0 aliphatic heterocycles. The van der Waals surface area contributed by atoms with Gasteiger partial charge in [-0.3, -0.25) is 23.5 Å². The Morgan fingerprint density at radius 1 is 0.875 bits per heavy atom. The fourth-order valence-corrected chi connectivity index (χ4v) is 4.35. The second-order valence-electron chi connectivity index (χ2n) is 9.12. The molecule has 10 heteroatoms. The molecule has 0 aliphatic rings. The SMILES string of the molecule is O=C(Cn1c(=O)n(Cc2ccco2)c(=O)c2ccc(C(=O)NCCc3ccccc3)cc21)Nc1ccc(F)cc1. The Bertz CT molecular complexity index is 1780. The lowest BCUT2D eigenvalue weighted by atomic mass is 10.1. The summed E-state index contributed by atoms with van der Waals surface area (Å²) >= 11 is 0. The molecule has 5 aromatic rings. The number of halogens is 1. The molecule has 2 N–H and O–H groups in total. The van der Waals surface area contributed by atoms with Crippen LogP contribution in [0.3, 0.4) is 0 Å². The molecule has 2 amide bonds. The highest BCUT2D eigenvalue weighted by atomic mass is 19.1. The highest BCUT2D eigenvalue weighted by molar-refractivity contribution is 5.98. The van der Waals surface area contributed by atoms with E-state index in [0.29, 0.717) is 24.4 Å². The van der Waals surface area contributed by atoms with Crippen LogP contribution in [0.25, 0.3) is 10.9 Å². The summed E-state index contributed by atoms with van der Waals surface area (Å²) in [5.74, 6) is -1.03. The lowest BCUT2D eigenvalue weighted by Crippen LogP contribution is -2.42. The van der Waals surface area contributed by atoms with Crippen LogP contribution in [0.5, 0.6) is 0 Å². The van der Waals surface area contributed by atoms with E-state index in [2.05, 4.69) is 10.6 Å². The maximum Gasteiger partial charge on any atom is 0.332 e. The first kappa shape index (κ1) is 26.4. The molecular formula is C30H25FN4O5. The quantitative estimate of drug-likeness (QED) is 0.297. The van der Waals surface area contributed by atoms with Gasteiger partial charge < -0.3 is 15.1 Å². The maximum atomic E-state index is 13.5. The third kappa shape index (κ3) is 5.91. The molecule has 0 saturated heterocycles. The van der Waals surface area contributed by atoms with Gasteiger partial charge in [0, 0.05) is 17.8 Å². The minimum Gasteiger partial charge on any atom is -0.467 e. The number of amides is 2. The van der Waals surface area contributed by atoms with Crippen molar-refractivity contribution in [1.29, 1.82) is 0 Å². The lowest BCUT2D eigenvalue weighted by Gasteiger charge is -2.15. The Labute approximate surface area is 227 Å². The summed E-state index contributed by atoms with van der Waals surface area (Å²) in [5.41, 5.74) is 0.449. The molecule has 0 bridgehead atoms. The van der Waals surface area contributed by atoms with E-state index in [9.17, 15) is 23.6 Å². The maximum absolute atomic E-state index is 13.5. The molecule has 0 spiro atoms. The van der Waals surface area contributed by atoms with Crippen molar-refractivity contribution in [1.82, 2.24) is 14.5 Å². The second-order valence-corrected chi connectivity index (χ2v) is 9.12. The second kappa shape index (κ2) is 11.6. The van der Waals surface area contributed by atoms with Crippen LogP contribution in [0.4, 0.5) is 10.1 Å². The van der Waals surface area contributed by atoms with Crippen molar-refractivity contribution >= 4 is 28.4 Å². The summed E-state index contributed by atoms with van der Waals surface area (Å²) in [6.45, 7) is -0.204. The number of nitrogens with zero attached hydrogens (tertiary/aromatic N) is 2. The number of furan rings is 1. The van der Waals surface area contributed by atoms with Gasteiger partial charge in [-0.2, -0.15) is 0 Å². The number of benzene rings is 3. The van der Waals surface area contributed by atoms with E-state index >= 15 is 0 Å². The molecule has 0 saturated carbocycles. The van der Waals surface area contributed by atoms with Crippen LogP contribution in [0, 0.1) is 5.82 Å². The lowest BCUT2D eigenvalue weighted by molar-refractivity contribution is -0.116. The number of aromatic nitrogens is 2. The molecule has 0 unspecified atom stereocenters. The molecule has 202 valence electrons. The Balaban J connectivity index is 1.48. The number of anilines is 1. The molecule has 0 radical (unpaired) electrons. The molecule has 2 heterocycles. The van der Waals surface area contributed by atoms with E-state index in [1.54, 1.807) is 12.1 Å². The fraction of sp³-hybridized carbons (Fsp3) is 0.133. The zero-order chi connectivity index (χ0) is 28.1. The van der Waals surface area contributed by atoms with Gasteiger partial charge in [0.2, 0.25) is 5.91 Å². The number of hydrogen-bond acceptors (Lipinski definition) is 5. The summed E-state index contributed by atoms with van der Waals surface area (Å²) in [7, 11) is 0. The standard InChI is InChI=1S/C30H25FN4O5/c31-22-9-11-23(12-10-22)33-27(36)19-34-26-17-21(28(37)32-15-14-20-5-2-1-3-6-20)8-13-25(26)29(38)35(30(34)39)18-24-7-4-16-40-24/h1-13,16-17H,14-15,18-19H2,(H,32,37)(H,33,36). The first-order valence-electron chi connectivity index (χ1n) is 12.6. The van der Waals surface area contributed by atoms with E-state index in [1.165, 1.54) is 48.7 Å². The van der Waals surface area contributed by atoms with Crippen molar-refractivity contribution in [3.05, 3.63) is 135 Å². The largest absolute Gasteiger partial charge is 0.467 e. The smallest absolute Gasteiger partial charge is 0.332 e. The van der Waals surface area contributed by atoms with Gasteiger partial charge in [-0.25, -0.2) is 9.18 Å². The van der Waals surface area contributed by atoms with Crippen LogP contribution in [-0.4, -0.2) is 27.5 Å². The van der Waals surface area contributed by atoms with Gasteiger partial charge in [-0.1, -0.05) is 30.3 Å². The van der Waals surface area contributed by atoms with Crippen molar-refractivity contribution in [3.63, 3.8) is 0 Å². The van der Waals surface area contributed by atoms with Crippen LogP contribution in [0.2, 0.25) is 0 Å². The Morgan fingerprint density at radius 3 is 2.38 bits per heavy atom. The van der Waals surface area contributed by atoms with Crippen molar-refractivity contribution < 1.29 is 18.4 Å². The first-order valence-corrected chi connectivity index (χ1v) is 12.6. The molecule has 0 fully saturated rings. The normalized spacial score (nSPS) is 10.9. The van der Waals surface area contributed by atoms with E-state index in [0.717, 1.165) is 14.7 Å². The number of carbonyl (C=O) groups excluding carboxylic acids is 2. The van der Waals surface area contributed by atoms with E-state index in [1.807, 2.05) is 30.3 Å². The zero-order valence-electron chi connectivity index (χ0n) is 21.3. The summed E-state index contributed by atoms with van der Waals surface area (Å²) in [6, 6.07) is 22.5. The van der Waals surface area contributed by atoms with Crippen LogP contribution in [-0.2, 0) is 24.3 Å². The van der Waals surface area contributed by atoms with Crippen LogP contribution >= 0.6 is 0 Å². The predicted molar refractivity (Wildman–Crippen MR) is 148 cm³/mol. The molecule has 3 aromatic carbocycles. The molecule has 40 heavy (non-hydrogen) atoms. The monoisotopic (exact) mass is 540 g/mol. The van der Waals surface area contributed by atoms with Crippen LogP contribution < -0.4 is 21.9 Å². The minimum atomic E-state index is -0.746. The van der Waals surface area contributed by atoms with Crippen molar-refractivity contribution in [2.45, 2.75) is 19.5 Å². The molecule has 0 aliphatic carbocycles. The van der Waals surface area contributed by atoms with Crippen molar-refractivity contribution in [3.8, 4) is 0 Å². The molecule has 2 aromatic heterocycles. The topological polar surface area (TPSA) is 115 Å².